The molecule has 0 fully saturated rings. The minimum atomic E-state index is 0.645. The molecule has 0 amide bonds. The molecule has 0 aromatic heterocycles. The fourth-order valence-electron chi connectivity index (χ4n) is 3.13. The van der Waals surface area contributed by atoms with Gasteiger partial charge in [0.2, 0.25) is 0 Å². The van der Waals surface area contributed by atoms with E-state index in [1.54, 1.807) is 7.11 Å². The van der Waals surface area contributed by atoms with Crippen LogP contribution < -0.4 is 4.74 Å². The Morgan fingerprint density at radius 1 is 1.45 bits per heavy atom. The molecule has 0 saturated carbocycles. The highest BCUT2D eigenvalue weighted by Gasteiger charge is 2.25. The van der Waals surface area contributed by atoms with Crippen molar-refractivity contribution in [3.05, 3.63) is 39.5 Å². The molecule has 20 heavy (non-hydrogen) atoms. The van der Waals surface area contributed by atoms with E-state index in [0.717, 1.165) is 18.7 Å². The predicted molar refractivity (Wildman–Crippen MR) is 93.8 cm³/mol. The Kier molecular flexibility index (Phi) is 6.36. The molecule has 0 bridgehead atoms. The maximum Gasteiger partial charge on any atom is 0.122 e. The monoisotopic (exact) mass is 385 g/mol. The Balaban J connectivity index is 2.15. The molecular weight excluding hydrogens is 361 g/mol. The van der Waals surface area contributed by atoms with Gasteiger partial charge in [0.25, 0.3) is 0 Å². The van der Waals surface area contributed by atoms with E-state index < -0.39 is 0 Å². The summed E-state index contributed by atoms with van der Waals surface area (Å²) in [4.78, 5) is 2.62. The number of nitrogens with zero attached hydrogens (tertiary/aromatic N) is 1. The maximum atomic E-state index is 5.55. The fraction of sp³-hybridized carbons (Fsp3) is 0.529. The van der Waals surface area contributed by atoms with Gasteiger partial charge in [-0.1, -0.05) is 47.7 Å². The van der Waals surface area contributed by atoms with Gasteiger partial charge in [0, 0.05) is 12.6 Å². The number of fused-ring (bicyclic) bond motifs is 1. The van der Waals surface area contributed by atoms with E-state index in [9.17, 15) is 0 Å². The number of benzene rings is 1. The summed E-state index contributed by atoms with van der Waals surface area (Å²) < 4.78 is 7.67. The van der Waals surface area contributed by atoms with Gasteiger partial charge in [-0.25, -0.2) is 0 Å². The van der Waals surface area contributed by atoms with Crippen LogP contribution in [0, 0.1) is 0 Å². The third-order valence-corrected chi connectivity index (χ3v) is 4.60. The van der Waals surface area contributed by atoms with Crippen LogP contribution in [0.2, 0.25) is 0 Å². The highest BCUT2D eigenvalue weighted by atomic mass is 127. The third-order valence-electron chi connectivity index (χ3n) is 4.09. The molecule has 0 unspecified atom stereocenters. The van der Waals surface area contributed by atoms with Gasteiger partial charge in [-0.3, -0.25) is 4.90 Å². The summed E-state index contributed by atoms with van der Waals surface area (Å²) in [5.74, 6) is 1.06. The van der Waals surface area contributed by atoms with E-state index in [2.05, 4.69) is 62.8 Å². The van der Waals surface area contributed by atoms with Crippen LogP contribution in [-0.4, -0.2) is 31.1 Å². The SMILES string of the molecule is CCCN(C/C=C/I)[C@@H]1CCc2cccc(OC)c2C1. The highest BCUT2D eigenvalue weighted by Crippen LogP contribution is 2.31. The van der Waals surface area contributed by atoms with Gasteiger partial charge >= 0.3 is 0 Å². The minimum absolute atomic E-state index is 0.645. The van der Waals surface area contributed by atoms with E-state index in [0.29, 0.717) is 6.04 Å². The van der Waals surface area contributed by atoms with E-state index in [-0.39, 0.29) is 0 Å². The second-order valence-corrected chi connectivity index (χ2v) is 6.07. The first-order chi connectivity index (χ1) is 9.80. The van der Waals surface area contributed by atoms with Crippen LogP contribution in [0.25, 0.3) is 0 Å². The second kappa shape index (κ2) is 8.03. The van der Waals surface area contributed by atoms with E-state index in [1.807, 2.05) is 0 Å². The maximum absolute atomic E-state index is 5.55. The van der Waals surface area contributed by atoms with Crippen molar-refractivity contribution in [1.82, 2.24) is 4.90 Å². The van der Waals surface area contributed by atoms with Gasteiger partial charge in [0.05, 0.1) is 7.11 Å². The molecule has 0 N–H and O–H groups in total. The molecule has 0 spiro atoms. The van der Waals surface area contributed by atoms with Crippen LogP contribution in [0.15, 0.2) is 28.4 Å². The normalized spacial score (nSPS) is 18.5. The van der Waals surface area contributed by atoms with Crippen molar-refractivity contribution in [2.75, 3.05) is 20.2 Å². The molecule has 110 valence electrons. The Bertz CT molecular complexity index is 444. The zero-order chi connectivity index (χ0) is 14.4. The number of hydrogen-bond donors (Lipinski definition) is 0. The standard InChI is InChI=1S/C17H24INO/c1-3-11-19(12-5-10-18)15-9-8-14-6-4-7-17(20-2)16(14)13-15/h4-7,10,15H,3,8-9,11-13H2,1-2H3/b10-5+/t15-/m1/s1. The Hall–Kier alpha value is -0.550. The largest absolute Gasteiger partial charge is 0.496 e. The lowest BCUT2D eigenvalue weighted by atomic mass is 9.86. The molecule has 1 aliphatic rings. The first-order valence-corrected chi connectivity index (χ1v) is 8.68. The molecule has 0 radical (unpaired) electrons. The van der Waals surface area contributed by atoms with Gasteiger partial charge < -0.3 is 4.74 Å². The zero-order valence-corrected chi connectivity index (χ0v) is 14.6. The average Bonchev–Trinajstić information content (AvgIpc) is 2.50. The van der Waals surface area contributed by atoms with Crippen LogP contribution in [0.1, 0.15) is 30.9 Å². The summed E-state index contributed by atoms with van der Waals surface area (Å²) in [6.45, 7) is 4.50. The molecule has 0 aliphatic heterocycles. The lowest BCUT2D eigenvalue weighted by Gasteiger charge is -2.35. The first-order valence-electron chi connectivity index (χ1n) is 7.44. The fourth-order valence-corrected chi connectivity index (χ4v) is 3.35. The van der Waals surface area contributed by atoms with Gasteiger partial charge in [-0.15, -0.1) is 0 Å². The van der Waals surface area contributed by atoms with E-state index >= 15 is 0 Å². The van der Waals surface area contributed by atoms with Crippen molar-refractivity contribution in [3.8, 4) is 5.75 Å². The first kappa shape index (κ1) is 15.8. The summed E-state index contributed by atoms with van der Waals surface area (Å²) in [6, 6.07) is 7.10. The summed E-state index contributed by atoms with van der Waals surface area (Å²) >= 11 is 2.30. The molecule has 3 heteroatoms. The third kappa shape index (κ3) is 3.76. The van der Waals surface area contributed by atoms with Crippen LogP contribution in [0.5, 0.6) is 5.75 Å². The van der Waals surface area contributed by atoms with Crippen LogP contribution in [0.4, 0.5) is 0 Å². The smallest absolute Gasteiger partial charge is 0.122 e. The van der Waals surface area contributed by atoms with Gasteiger partial charge in [0.15, 0.2) is 0 Å². The van der Waals surface area contributed by atoms with Crippen molar-refractivity contribution in [2.24, 2.45) is 0 Å². The molecule has 2 nitrogen and oxygen atoms in total. The van der Waals surface area contributed by atoms with Crippen LogP contribution in [0.3, 0.4) is 0 Å². The molecular formula is C17H24INO. The number of methoxy groups -OCH3 is 1. The quantitative estimate of drug-likeness (QED) is 0.681. The number of halogens is 1. The Morgan fingerprint density at radius 3 is 3.00 bits per heavy atom. The number of hydrogen-bond acceptors (Lipinski definition) is 2. The van der Waals surface area contributed by atoms with Crippen molar-refractivity contribution in [1.29, 1.82) is 0 Å². The molecule has 1 aromatic carbocycles. The van der Waals surface area contributed by atoms with Crippen molar-refractivity contribution < 1.29 is 4.74 Å². The summed E-state index contributed by atoms with van der Waals surface area (Å²) in [5, 5.41) is 0. The predicted octanol–water partition coefficient (Wildman–Crippen LogP) is 4.21. The van der Waals surface area contributed by atoms with E-state index in [4.69, 9.17) is 4.74 Å². The topological polar surface area (TPSA) is 12.5 Å². The Labute approximate surface area is 136 Å². The summed E-state index contributed by atoms with van der Waals surface area (Å²) in [6.07, 6.45) is 7.02. The Morgan fingerprint density at radius 2 is 2.30 bits per heavy atom. The van der Waals surface area contributed by atoms with Crippen LogP contribution >= 0.6 is 22.6 Å². The lowest BCUT2D eigenvalue weighted by Crippen LogP contribution is -2.40. The number of rotatable bonds is 6. The van der Waals surface area contributed by atoms with Gasteiger partial charge in [-0.05, 0) is 53.5 Å². The summed E-state index contributed by atoms with van der Waals surface area (Å²) in [5.41, 5.74) is 2.90. The van der Waals surface area contributed by atoms with Crippen LogP contribution in [-0.2, 0) is 12.8 Å². The summed E-state index contributed by atoms with van der Waals surface area (Å²) in [7, 11) is 1.78. The number of aryl methyl sites for hydroxylation is 1. The molecule has 1 aliphatic carbocycles. The number of ether oxygens (including phenoxy) is 1. The highest BCUT2D eigenvalue weighted by molar-refractivity contribution is 14.1. The molecule has 0 heterocycles. The minimum Gasteiger partial charge on any atom is -0.496 e. The molecule has 2 rings (SSSR count). The lowest BCUT2D eigenvalue weighted by molar-refractivity contribution is 0.198. The van der Waals surface area contributed by atoms with Crippen molar-refractivity contribution >= 4 is 22.6 Å². The zero-order valence-electron chi connectivity index (χ0n) is 12.4. The van der Waals surface area contributed by atoms with Gasteiger partial charge in [-0.2, -0.15) is 0 Å². The van der Waals surface area contributed by atoms with Crippen molar-refractivity contribution in [2.45, 2.75) is 38.6 Å². The molecule has 1 atom stereocenters. The van der Waals surface area contributed by atoms with Gasteiger partial charge in [0.1, 0.15) is 5.75 Å². The average molecular weight is 385 g/mol. The molecule has 0 saturated heterocycles. The molecule has 1 aromatic rings. The van der Waals surface area contributed by atoms with E-state index in [1.165, 1.54) is 36.9 Å². The van der Waals surface area contributed by atoms with Crippen molar-refractivity contribution in [3.63, 3.8) is 0 Å². The second-order valence-electron chi connectivity index (χ2n) is 5.35.